The second-order valence-electron chi connectivity index (χ2n) is 5.83. The minimum absolute atomic E-state index is 0.204. The van der Waals surface area contributed by atoms with Crippen molar-refractivity contribution < 1.29 is 28.6 Å². The van der Waals surface area contributed by atoms with Gasteiger partial charge in [-0.1, -0.05) is 6.07 Å². The first-order valence-electron chi connectivity index (χ1n) is 8.40. The molecule has 0 radical (unpaired) electrons. The van der Waals surface area contributed by atoms with Gasteiger partial charge >= 0.3 is 5.97 Å². The fourth-order valence-corrected chi connectivity index (χ4v) is 3.20. The zero-order valence-electron chi connectivity index (χ0n) is 15.0. The zero-order chi connectivity index (χ0) is 20.1. The van der Waals surface area contributed by atoms with Crippen LogP contribution in [0.4, 0.5) is 5.00 Å². The number of ether oxygens (including phenoxy) is 3. The van der Waals surface area contributed by atoms with Crippen molar-refractivity contribution in [2.45, 2.75) is 13.0 Å². The predicted molar refractivity (Wildman–Crippen MR) is 103 cm³/mol. The third kappa shape index (κ3) is 4.68. The highest BCUT2D eigenvalue weighted by molar-refractivity contribution is 7.14. The van der Waals surface area contributed by atoms with Crippen LogP contribution in [-0.2, 0) is 14.3 Å². The van der Waals surface area contributed by atoms with Crippen molar-refractivity contribution >= 4 is 40.2 Å². The lowest BCUT2D eigenvalue weighted by atomic mass is 10.2. The van der Waals surface area contributed by atoms with Crippen LogP contribution < -0.4 is 20.5 Å². The van der Waals surface area contributed by atoms with Gasteiger partial charge in [-0.2, -0.15) is 0 Å². The highest BCUT2D eigenvalue weighted by Gasteiger charge is 2.20. The quantitative estimate of drug-likeness (QED) is 0.565. The summed E-state index contributed by atoms with van der Waals surface area (Å²) in [4.78, 5) is 35.4. The second-order valence-corrected chi connectivity index (χ2v) is 6.75. The molecule has 0 saturated carbocycles. The third-order valence-corrected chi connectivity index (χ3v) is 4.64. The van der Waals surface area contributed by atoms with Gasteiger partial charge in [0.1, 0.15) is 18.2 Å². The van der Waals surface area contributed by atoms with Crippen LogP contribution in [0.5, 0.6) is 11.5 Å². The Morgan fingerprint density at radius 1 is 1.21 bits per heavy atom. The number of carbonyl (C=O) groups is 3. The maximum atomic E-state index is 12.2. The number of carbonyl (C=O) groups excluding carboxylic acids is 3. The van der Waals surface area contributed by atoms with Crippen molar-refractivity contribution in [3.63, 3.8) is 0 Å². The molecule has 1 aromatic carbocycles. The molecule has 3 rings (SSSR count). The summed E-state index contributed by atoms with van der Waals surface area (Å²) in [6.07, 6.45) is 1.71. The largest absolute Gasteiger partial charge is 0.486 e. The van der Waals surface area contributed by atoms with Gasteiger partial charge < -0.3 is 25.3 Å². The van der Waals surface area contributed by atoms with E-state index in [2.05, 4.69) is 5.32 Å². The molecule has 2 amide bonds. The van der Waals surface area contributed by atoms with Gasteiger partial charge in [0, 0.05) is 6.08 Å². The number of amides is 2. The molecule has 1 aliphatic rings. The first kappa shape index (κ1) is 19.4. The number of esters is 1. The molecule has 2 heterocycles. The highest BCUT2D eigenvalue weighted by Crippen LogP contribution is 2.31. The van der Waals surface area contributed by atoms with Gasteiger partial charge in [0.25, 0.3) is 11.8 Å². The van der Waals surface area contributed by atoms with Gasteiger partial charge in [0.2, 0.25) is 0 Å². The molecule has 0 spiro atoms. The van der Waals surface area contributed by atoms with Crippen molar-refractivity contribution in [3.8, 4) is 11.5 Å². The van der Waals surface area contributed by atoms with Crippen LogP contribution >= 0.6 is 11.3 Å². The second kappa shape index (κ2) is 8.57. The molecule has 3 N–H and O–H groups in total. The van der Waals surface area contributed by atoms with Crippen LogP contribution in [0.25, 0.3) is 6.08 Å². The molecule has 1 atom stereocenters. The molecule has 28 heavy (non-hydrogen) atoms. The number of rotatable bonds is 6. The summed E-state index contributed by atoms with van der Waals surface area (Å²) in [5, 5.41) is 4.47. The van der Waals surface area contributed by atoms with Crippen molar-refractivity contribution in [1.29, 1.82) is 0 Å². The molecule has 0 saturated heterocycles. The smallest absolute Gasteiger partial charge is 0.331 e. The molecule has 0 fully saturated rings. The minimum atomic E-state index is -1.06. The molecule has 0 aliphatic carbocycles. The molecular weight excluding hydrogens is 384 g/mol. The van der Waals surface area contributed by atoms with Crippen molar-refractivity contribution in [2.75, 3.05) is 18.5 Å². The van der Waals surface area contributed by atoms with Crippen LogP contribution in [0.15, 0.2) is 35.7 Å². The summed E-state index contributed by atoms with van der Waals surface area (Å²) in [7, 11) is 0. The Bertz CT molecular complexity index is 936. The maximum Gasteiger partial charge on any atom is 0.331 e. The first-order valence-corrected chi connectivity index (χ1v) is 9.28. The third-order valence-electron chi connectivity index (χ3n) is 3.81. The van der Waals surface area contributed by atoms with E-state index in [1.165, 1.54) is 19.1 Å². The molecule has 1 aromatic heterocycles. The van der Waals surface area contributed by atoms with Gasteiger partial charge in [0.05, 0.1) is 5.56 Å². The number of nitrogens with one attached hydrogen (secondary N) is 1. The number of nitrogens with two attached hydrogens (primary N) is 1. The predicted octanol–water partition coefficient (Wildman–Crippen LogP) is 2.20. The maximum absolute atomic E-state index is 12.2. The van der Waals surface area contributed by atoms with Gasteiger partial charge in [0.15, 0.2) is 17.6 Å². The normalized spacial score (nSPS) is 13.8. The van der Waals surface area contributed by atoms with E-state index >= 15 is 0 Å². The SMILES string of the molecule is C[C@@H](OC(=O)/C=C/c1ccc2c(c1)OCCO2)C(=O)Nc1sccc1C(N)=O. The average Bonchev–Trinajstić information content (AvgIpc) is 3.14. The van der Waals surface area contributed by atoms with Crippen molar-refractivity contribution in [2.24, 2.45) is 5.73 Å². The Kier molecular flexibility index (Phi) is 5.95. The number of anilines is 1. The molecular formula is C19H18N2O6S. The molecule has 1 aliphatic heterocycles. The topological polar surface area (TPSA) is 117 Å². The van der Waals surface area contributed by atoms with Crippen molar-refractivity contribution in [1.82, 2.24) is 0 Å². The Morgan fingerprint density at radius 3 is 2.71 bits per heavy atom. The first-order chi connectivity index (χ1) is 13.4. The minimum Gasteiger partial charge on any atom is -0.486 e. The lowest BCUT2D eigenvalue weighted by molar-refractivity contribution is -0.148. The summed E-state index contributed by atoms with van der Waals surface area (Å²) in [6, 6.07) is 6.79. The highest BCUT2D eigenvalue weighted by atomic mass is 32.1. The van der Waals surface area contributed by atoms with E-state index in [4.69, 9.17) is 19.9 Å². The van der Waals surface area contributed by atoms with E-state index in [0.29, 0.717) is 29.7 Å². The Balaban J connectivity index is 1.56. The monoisotopic (exact) mass is 402 g/mol. The van der Waals surface area contributed by atoms with E-state index < -0.39 is 23.9 Å². The molecule has 8 nitrogen and oxygen atoms in total. The van der Waals surface area contributed by atoms with Crippen LogP contribution in [-0.4, -0.2) is 37.1 Å². The number of hydrogen-bond donors (Lipinski definition) is 2. The number of fused-ring (bicyclic) bond motifs is 1. The van der Waals surface area contributed by atoms with Crippen LogP contribution in [0.2, 0.25) is 0 Å². The summed E-state index contributed by atoms with van der Waals surface area (Å²) < 4.78 is 16.0. The molecule has 2 aromatic rings. The Hall–Kier alpha value is -3.33. The fourth-order valence-electron chi connectivity index (χ4n) is 2.41. The lowest BCUT2D eigenvalue weighted by Gasteiger charge is -2.18. The van der Waals surface area contributed by atoms with Crippen LogP contribution in [0.1, 0.15) is 22.8 Å². The fraction of sp³-hybridized carbons (Fsp3) is 0.211. The summed E-state index contributed by atoms with van der Waals surface area (Å²) in [5.41, 5.74) is 6.16. The number of hydrogen-bond acceptors (Lipinski definition) is 7. The van der Waals surface area contributed by atoms with Gasteiger partial charge in [-0.3, -0.25) is 9.59 Å². The summed E-state index contributed by atoms with van der Waals surface area (Å²) >= 11 is 1.15. The van der Waals surface area contributed by atoms with E-state index in [1.807, 2.05) is 0 Å². The Morgan fingerprint density at radius 2 is 1.96 bits per heavy atom. The van der Waals surface area contributed by atoms with E-state index in [1.54, 1.807) is 29.7 Å². The Labute approximate surface area is 164 Å². The van der Waals surface area contributed by atoms with Gasteiger partial charge in [-0.15, -0.1) is 11.3 Å². The van der Waals surface area contributed by atoms with Gasteiger partial charge in [-0.05, 0) is 42.1 Å². The number of benzene rings is 1. The van der Waals surface area contributed by atoms with Gasteiger partial charge in [-0.25, -0.2) is 4.79 Å². The van der Waals surface area contributed by atoms with E-state index in [-0.39, 0.29) is 5.56 Å². The number of thiophene rings is 1. The lowest BCUT2D eigenvalue weighted by Crippen LogP contribution is -2.29. The number of primary amides is 1. The molecule has 0 bridgehead atoms. The zero-order valence-corrected chi connectivity index (χ0v) is 15.8. The van der Waals surface area contributed by atoms with Crippen LogP contribution in [0.3, 0.4) is 0 Å². The summed E-state index contributed by atoms with van der Waals surface area (Å²) in [6.45, 7) is 2.40. The summed E-state index contributed by atoms with van der Waals surface area (Å²) in [5.74, 6) is -0.635. The van der Waals surface area contributed by atoms with Crippen LogP contribution in [0, 0.1) is 0 Å². The molecule has 9 heteroatoms. The average molecular weight is 402 g/mol. The van der Waals surface area contributed by atoms with E-state index in [9.17, 15) is 14.4 Å². The molecule has 146 valence electrons. The molecule has 0 unspecified atom stereocenters. The van der Waals surface area contributed by atoms with Crippen molar-refractivity contribution in [3.05, 3.63) is 46.8 Å². The van der Waals surface area contributed by atoms with E-state index in [0.717, 1.165) is 16.9 Å². The standard InChI is InChI=1S/C19H18N2O6S/c1-11(18(24)21-19-13(17(20)23)6-9-28-19)27-16(22)5-3-12-2-4-14-15(10-12)26-8-7-25-14/h2-6,9-11H,7-8H2,1H3,(H2,20,23)(H,21,24)/b5-3+/t11-/m1/s1.